The fourth-order valence-electron chi connectivity index (χ4n) is 2.68. The molecule has 2 aromatic carbocycles. The van der Waals surface area contributed by atoms with E-state index in [2.05, 4.69) is 5.32 Å². The Labute approximate surface area is 163 Å². The maximum absolute atomic E-state index is 11.9. The number of carbonyl (C=O) groups excluding carboxylic acids is 1. The van der Waals surface area contributed by atoms with Gasteiger partial charge in [-0.3, -0.25) is 4.79 Å². The molecule has 2 aromatic rings. The summed E-state index contributed by atoms with van der Waals surface area (Å²) in [5, 5.41) is 3.31. The molecule has 5 nitrogen and oxygen atoms in total. The second kappa shape index (κ2) is 9.44. The number of benzene rings is 2. The van der Waals surface area contributed by atoms with Crippen molar-refractivity contribution in [2.24, 2.45) is 0 Å². The van der Waals surface area contributed by atoms with Crippen LogP contribution in [0.25, 0.3) is 6.08 Å². The number of amides is 1. The van der Waals surface area contributed by atoms with Crippen LogP contribution in [0.1, 0.15) is 30.6 Å². The van der Waals surface area contributed by atoms with Crippen LogP contribution in [0.5, 0.6) is 11.5 Å². The second-order valence-corrected chi connectivity index (χ2v) is 6.55. The Morgan fingerprint density at radius 2 is 2.11 bits per heavy atom. The Morgan fingerprint density at radius 3 is 2.93 bits per heavy atom. The highest BCUT2D eigenvalue weighted by Crippen LogP contribution is 2.40. The molecule has 3 rings (SSSR count). The summed E-state index contributed by atoms with van der Waals surface area (Å²) < 4.78 is 16.4. The van der Waals surface area contributed by atoms with Crippen molar-refractivity contribution in [3.05, 3.63) is 64.7 Å². The highest BCUT2D eigenvalue weighted by Gasteiger charge is 2.17. The van der Waals surface area contributed by atoms with Gasteiger partial charge in [0.15, 0.2) is 11.5 Å². The molecule has 0 radical (unpaired) electrons. The quantitative estimate of drug-likeness (QED) is 0.540. The first-order valence-electron chi connectivity index (χ1n) is 8.85. The van der Waals surface area contributed by atoms with Crippen LogP contribution in [0.2, 0.25) is 5.02 Å². The van der Waals surface area contributed by atoms with E-state index in [0.29, 0.717) is 29.7 Å². The molecule has 1 aliphatic heterocycles. The van der Waals surface area contributed by atoms with Gasteiger partial charge in [-0.05, 0) is 42.7 Å². The minimum atomic E-state index is -0.167. The number of rotatable bonds is 8. The topological polar surface area (TPSA) is 56.8 Å². The van der Waals surface area contributed by atoms with Crippen molar-refractivity contribution in [1.29, 1.82) is 0 Å². The third-order valence-corrected chi connectivity index (χ3v) is 4.41. The maximum atomic E-state index is 11.9. The number of nitrogens with one attached hydrogen (secondary N) is 1. The Kier molecular flexibility index (Phi) is 6.74. The van der Waals surface area contributed by atoms with E-state index in [9.17, 15) is 4.79 Å². The van der Waals surface area contributed by atoms with Crippen LogP contribution < -0.4 is 14.8 Å². The lowest BCUT2D eigenvalue weighted by Crippen LogP contribution is -2.23. The first kappa shape index (κ1) is 19.3. The number of fused-ring (bicyclic) bond motifs is 1. The molecular weight excluding hydrogens is 366 g/mol. The van der Waals surface area contributed by atoms with Crippen molar-refractivity contribution in [1.82, 2.24) is 5.32 Å². The lowest BCUT2D eigenvalue weighted by molar-refractivity contribution is -0.116. The molecule has 0 aliphatic carbocycles. The van der Waals surface area contributed by atoms with Crippen molar-refractivity contribution < 1.29 is 19.0 Å². The molecule has 0 spiro atoms. The van der Waals surface area contributed by atoms with Gasteiger partial charge in [-0.1, -0.05) is 41.9 Å². The average Bonchev–Trinajstić information content (AvgIpc) is 3.16. The molecular formula is C21H22ClNO4. The SMILES string of the molecule is CC(OCCCNC(=O)/C=C/c1cc(Cl)c2c(c1)OCO2)c1ccccc1. The molecule has 1 aliphatic rings. The van der Waals surface area contributed by atoms with Crippen molar-refractivity contribution in [2.75, 3.05) is 19.9 Å². The molecule has 6 heteroatoms. The van der Waals surface area contributed by atoms with E-state index in [1.807, 2.05) is 37.3 Å². The van der Waals surface area contributed by atoms with Gasteiger partial charge in [0, 0.05) is 19.2 Å². The van der Waals surface area contributed by atoms with Gasteiger partial charge in [-0.25, -0.2) is 0 Å². The molecule has 0 saturated heterocycles. The van der Waals surface area contributed by atoms with E-state index >= 15 is 0 Å². The molecule has 1 atom stereocenters. The number of carbonyl (C=O) groups is 1. The molecule has 0 aromatic heterocycles. The van der Waals surface area contributed by atoms with Gasteiger partial charge in [0.25, 0.3) is 0 Å². The van der Waals surface area contributed by atoms with Crippen LogP contribution in [0.3, 0.4) is 0 Å². The van der Waals surface area contributed by atoms with Crippen LogP contribution in [-0.2, 0) is 9.53 Å². The number of ether oxygens (including phenoxy) is 3. The zero-order chi connectivity index (χ0) is 19.1. The summed E-state index contributed by atoms with van der Waals surface area (Å²) in [5.74, 6) is 0.968. The Bertz CT molecular complexity index is 807. The van der Waals surface area contributed by atoms with Crippen LogP contribution in [-0.4, -0.2) is 25.9 Å². The molecule has 1 amide bonds. The molecule has 0 bridgehead atoms. The zero-order valence-corrected chi connectivity index (χ0v) is 15.9. The van der Waals surface area contributed by atoms with E-state index in [-0.39, 0.29) is 18.8 Å². The standard InChI is InChI=1S/C21H22ClNO4/c1-15(17-6-3-2-4-7-17)25-11-5-10-23-20(24)9-8-16-12-18(22)21-19(13-16)26-14-27-21/h2-4,6-9,12-13,15H,5,10-11,14H2,1H3,(H,23,24)/b9-8+. The summed E-state index contributed by atoms with van der Waals surface area (Å²) in [5.41, 5.74) is 1.92. The van der Waals surface area contributed by atoms with Gasteiger partial charge in [0.2, 0.25) is 12.7 Å². The summed E-state index contributed by atoms with van der Waals surface area (Å²) in [6, 6.07) is 13.6. The van der Waals surface area contributed by atoms with E-state index in [1.165, 1.54) is 6.08 Å². The van der Waals surface area contributed by atoms with Crippen LogP contribution in [0, 0.1) is 0 Å². The average molecular weight is 388 g/mol. The zero-order valence-electron chi connectivity index (χ0n) is 15.1. The van der Waals surface area contributed by atoms with Gasteiger partial charge < -0.3 is 19.5 Å². The van der Waals surface area contributed by atoms with Gasteiger partial charge in [0.1, 0.15) is 0 Å². The van der Waals surface area contributed by atoms with Crippen molar-refractivity contribution in [3.8, 4) is 11.5 Å². The van der Waals surface area contributed by atoms with Crippen molar-refractivity contribution in [2.45, 2.75) is 19.4 Å². The number of hydrogen-bond acceptors (Lipinski definition) is 4. The molecule has 142 valence electrons. The Balaban J connectivity index is 1.37. The summed E-state index contributed by atoms with van der Waals surface area (Å²) in [6.45, 7) is 3.31. The fourth-order valence-corrected chi connectivity index (χ4v) is 2.95. The fraction of sp³-hybridized carbons (Fsp3) is 0.286. The summed E-state index contributed by atoms with van der Waals surface area (Å²) in [6.07, 6.45) is 3.95. The molecule has 1 unspecified atom stereocenters. The van der Waals surface area contributed by atoms with Gasteiger partial charge >= 0.3 is 0 Å². The van der Waals surface area contributed by atoms with E-state index in [4.69, 9.17) is 25.8 Å². The molecule has 1 N–H and O–H groups in total. The molecule has 27 heavy (non-hydrogen) atoms. The summed E-state index contributed by atoms with van der Waals surface area (Å²) >= 11 is 6.12. The smallest absolute Gasteiger partial charge is 0.244 e. The third kappa shape index (κ3) is 5.49. The minimum Gasteiger partial charge on any atom is -0.454 e. The largest absolute Gasteiger partial charge is 0.454 e. The second-order valence-electron chi connectivity index (χ2n) is 6.14. The van der Waals surface area contributed by atoms with Crippen LogP contribution >= 0.6 is 11.6 Å². The lowest BCUT2D eigenvalue weighted by Gasteiger charge is -2.13. The van der Waals surface area contributed by atoms with Crippen LogP contribution in [0.15, 0.2) is 48.5 Å². The highest BCUT2D eigenvalue weighted by molar-refractivity contribution is 6.32. The van der Waals surface area contributed by atoms with E-state index < -0.39 is 0 Å². The van der Waals surface area contributed by atoms with E-state index in [1.54, 1.807) is 18.2 Å². The van der Waals surface area contributed by atoms with Gasteiger partial charge in [-0.2, -0.15) is 0 Å². The normalized spacial score (nSPS) is 13.7. The first-order valence-corrected chi connectivity index (χ1v) is 9.23. The monoisotopic (exact) mass is 387 g/mol. The van der Waals surface area contributed by atoms with Crippen molar-refractivity contribution in [3.63, 3.8) is 0 Å². The highest BCUT2D eigenvalue weighted by atomic mass is 35.5. The maximum Gasteiger partial charge on any atom is 0.244 e. The molecule has 0 saturated carbocycles. The Morgan fingerprint density at radius 1 is 1.30 bits per heavy atom. The van der Waals surface area contributed by atoms with Gasteiger partial charge in [0.05, 0.1) is 11.1 Å². The predicted octanol–water partition coefficient (Wildman–Crippen LogP) is 4.37. The number of halogens is 1. The third-order valence-electron chi connectivity index (χ3n) is 4.13. The van der Waals surface area contributed by atoms with Gasteiger partial charge in [-0.15, -0.1) is 0 Å². The Hall–Kier alpha value is -2.50. The summed E-state index contributed by atoms with van der Waals surface area (Å²) in [4.78, 5) is 11.9. The predicted molar refractivity (Wildman–Crippen MR) is 105 cm³/mol. The number of hydrogen-bond donors (Lipinski definition) is 1. The summed E-state index contributed by atoms with van der Waals surface area (Å²) in [7, 11) is 0. The minimum absolute atomic E-state index is 0.0394. The van der Waals surface area contributed by atoms with Crippen molar-refractivity contribution >= 4 is 23.6 Å². The first-order chi connectivity index (χ1) is 13.1. The van der Waals surface area contributed by atoms with E-state index in [0.717, 1.165) is 17.5 Å². The molecule has 0 fully saturated rings. The lowest BCUT2D eigenvalue weighted by atomic mass is 10.1. The van der Waals surface area contributed by atoms with Crippen LogP contribution in [0.4, 0.5) is 0 Å². The molecule has 1 heterocycles.